The first-order valence-corrected chi connectivity index (χ1v) is 9.95. The van der Waals surface area contributed by atoms with Gasteiger partial charge in [-0.25, -0.2) is 17.6 Å². The van der Waals surface area contributed by atoms with Crippen LogP contribution >= 0.6 is 0 Å². The Morgan fingerprint density at radius 2 is 1.55 bits per heavy atom. The van der Waals surface area contributed by atoms with Gasteiger partial charge in [0.05, 0.1) is 0 Å². The molecule has 13 heteroatoms. The number of anilines is 1. The molecule has 0 aliphatic rings. The molecule has 0 fully saturated rings. The van der Waals surface area contributed by atoms with Gasteiger partial charge in [0.1, 0.15) is 5.82 Å². The summed E-state index contributed by atoms with van der Waals surface area (Å²) in [4.78, 5) is 50.1. The molecule has 0 spiro atoms. The van der Waals surface area contributed by atoms with E-state index < -0.39 is 43.8 Å². The number of aromatic amines is 2. The lowest BCUT2D eigenvalue weighted by molar-refractivity contribution is 0.0846. The largest absolute Gasteiger partial charge is 0.325 e. The second-order valence-corrected chi connectivity index (χ2v) is 7.69. The van der Waals surface area contributed by atoms with Crippen LogP contribution in [0.2, 0.25) is 0 Å². The molecule has 1 aromatic heterocycles. The number of rotatable bonds is 5. The summed E-state index contributed by atoms with van der Waals surface area (Å²) in [5.41, 5.74) is 2.34. The van der Waals surface area contributed by atoms with Crippen molar-refractivity contribution in [3.63, 3.8) is 0 Å². The molecule has 1 heterocycles. The van der Waals surface area contributed by atoms with Crippen molar-refractivity contribution in [2.45, 2.75) is 4.90 Å². The lowest BCUT2D eigenvalue weighted by Gasteiger charge is -2.10. The third kappa shape index (κ3) is 5.22. The van der Waals surface area contributed by atoms with Crippen LogP contribution in [-0.2, 0) is 10.0 Å². The predicted octanol–water partition coefficient (Wildman–Crippen LogP) is 0.0779. The fourth-order valence-corrected chi connectivity index (χ4v) is 3.45. The smallest absolute Gasteiger partial charge is 0.313 e. The van der Waals surface area contributed by atoms with Gasteiger partial charge in [-0.3, -0.25) is 34.9 Å². The van der Waals surface area contributed by atoms with Crippen LogP contribution in [0.4, 0.5) is 10.1 Å². The average Bonchev–Trinajstić information content (AvgIpc) is 2.71. The van der Waals surface area contributed by atoms with Crippen molar-refractivity contribution in [3.8, 4) is 0 Å². The van der Waals surface area contributed by atoms with Crippen LogP contribution in [0.15, 0.2) is 69.2 Å². The van der Waals surface area contributed by atoms with E-state index >= 15 is 0 Å². The van der Waals surface area contributed by atoms with E-state index in [9.17, 15) is 32.0 Å². The second kappa shape index (κ2) is 8.62. The summed E-state index contributed by atoms with van der Waals surface area (Å²) in [6.07, 6.45) is 0.741. The van der Waals surface area contributed by atoms with Gasteiger partial charge in [-0.15, -0.1) is 0 Å². The number of sulfonamides is 1. The number of H-pyrrole nitrogens is 2. The molecule has 0 radical (unpaired) electrons. The minimum atomic E-state index is -4.36. The standard InChI is InChI=1S/C18H14FN5O6S/c19-12-6-4-10(5-7-12)15(25)22-23-16(26)11-2-1-3-13(8-11)24-31(29,30)14-9-20-18(28)21-17(14)27/h1-9,24H,(H,22,25)(H,23,26)(H2,20,21,27,28). The van der Waals surface area contributed by atoms with Gasteiger partial charge in [0, 0.05) is 23.0 Å². The third-order valence-corrected chi connectivity index (χ3v) is 5.23. The quantitative estimate of drug-likeness (QED) is 0.347. The van der Waals surface area contributed by atoms with Crippen molar-refractivity contribution in [1.82, 2.24) is 20.8 Å². The monoisotopic (exact) mass is 447 g/mol. The molecule has 31 heavy (non-hydrogen) atoms. The van der Waals surface area contributed by atoms with Crippen molar-refractivity contribution >= 4 is 27.5 Å². The Balaban J connectivity index is 1.71. The van der Waals surface area contributed by atoms with Crippen LogP contribution in [-0.4, -0.2) is 30.2 Å². The summed E-state index contributed by atoms with van der Waals surface area (Å²) in [5, 5.41) is 0. The number of carbonyl (C=O) groups excluding carboxylic acids is 2. The normalized spacial score (nSPS) is 10.9. The van der Waals surface area contributed by atoms with E-state index in [0.29, 0.717) is 0 Å². The molecule has 0 unspecified atom stereocenters. The zero-order valence-electron chi connectivity index (χ0n) is 15.4. The zero-order valence-corrected chi connectivity index (χ0v) is 16.2. The topological polar surface area (TPSA) is 170 Å². The van der Waals surface area contributed by atoms with Gasteiger partial charge in [0.25, 0.3) is 27.4 Å². The van der Waals surface area contributed by atoms with E-state index in [1.165, 1.54) is 30.3 Å². The summed E-state index contributed by atoms with van der Waals surface area (Å²) < 4.78 is 39.8. The lowest BCUT2D eigenvalue weighted by atomic mass is 10.2. The molecule has 3 rings (SSSR count). The number of hydrazine groups is 1. The summed E-state index contributed by atoms with van der Waals surface area (Å²) >= 11 is 0. The summed E-state index contributed by atoms with van der Waals surface area (Å²) in [5.74, 6) is -1.98. The van der Waals surface area contributed by atoms with Crippen molar-refractivity contribution in [3.05, 3.63) is 92.5 Å². The minimum absolute atomic E-state index is 0.0185. The maximum absolute atomic E-state index is 12.9. The minimum Gasteiger partial charge on any atom is -0.313 e. The number of amides is 2. The summed E-state index contributed by atoms with van der Waals surface area (Å²) in [7, 11) is -4.36. The predicted molar refractivity (Wildman–Crippen MR) is 106 cm³/mol. The molecule has 3 aromatic rings. The Hall–Kier alpha value is -4.26. The summed E-state index contributed by atoms with van der Waals surface area (Å²) in [6, 6.07) is 9.83. The Morgan fingerprint density at radius 3 is 2.19 bits per heavy atom. The highest BCUT2D eigenvalue weighted by atomic mass is 32.2. The molecule has 160 valence electrons. The fourth-order valence-electron chi connectivity index (χ4n) is 2.39. The lowest BCUT2D eigenvalue weighted by Crippen LogP contribution is -2.41. The first-order chi connectivity index (χ1) is 14.7. The molecule has 0 aliphatic heterocycles. The Bertz CT molecular complexity index is 1360. The van der Waals surface area contributed by atoms with E-state index in [1.54, 1.807) is 4.98 Å². The zero-order chi connectivity index (χ0) is 22.6. The molecule has 2 aromatic carbocycles. The van der Waals surface area contributed by atoms with Crippen molar-refractivity contribution in [2.24, 2.45) is 0 Å². The third-order valence-electron chi connectivity index (χ3n) is 3.85. The average molecular weight is 447 g/mol. The van der Waals surface area contributed by atoms with Crippen LogP contribution in [0.5, 0.6) is 0 Å². The first kappa shape index (κ1) is 21.4. The number of hydrogen-bond donors (Lipinski definition) is 5. The molecule has 0 saturated heterocycles. The van der Waals surface area contributed by atoms with Crippen LogP contribution in [0.25, 0.3) is 0 Å². The van der Waals surface area contributed by atoms with Gasteiger partial charge < -0.3 is 4.98 Å². The fraction of sp³-hybridized carbons (Fsp3) is 0. The maximum atomic E-state index is 12.9. The van der Waals surface area contributed by atoms with Gasteiger partial charge in [0.15, 0.2) is 4.90 Å². The van der Waals surface area contributed by atoms with Gasteiger partial charge >= 0.3 is 5.69 Å². The van der Waals surface area contributed by atoms with Crippen LogP contribution in [0.1, 0.15) is 20.7 Å². The molecule has 11 nitrogen and oxygen atoms in total. The van der Waals surface area contributed by atoms with Crippen LogP contribution in [0.3, 0.4) is 0 Å². The maximum Gasteiger partial charge on any atom is 0.325 e. The number of benzene rings is 2. The van der Waals surface area contributed by atoms with E-state index in [2.05, 4.69) is 20.6 Å². The second-order valence-electron chi connectivity index (χ2n) is 6.04. The Morgan fingerprint density at radius 1 is 0.903 bits per heavy atom. The van der Waals surface area contributed by atoms with Gasteiger partial charge in [0.2, 0.25) is 0 Å². The number of aromatic nitrogens is 2. The first-order valence-electron chi connectivity index (χ1n) is 8.47. The number of nitrogens with one attached hydrogen (secondary N) is 5. The SMILES string of the molecule is O=C(NNC(=O)c1cccc(NS(=O)(=O)c2c[nH]c(=O)[nH]c2=O)c1)c1ccc(F)cc1. The molecule has 0 saturated carbocycles. The highest BCUT2D eigenvalue weighted by Crippen LogP contribution is 2.15. The molecule has 0 bridgehead atoms. The van der Waals surface area contributed by atoms with Crippen molar-refractivity contribution in [2.75, 3.05) is 4.72 Å². The summed E-state index contributed by atoms with van der Waals surface area (Å²) in [6.45, 7) is 0. The van der Waals surface area contributed by atoms with Crippen LogP contribution in [0, 0.1) is 5.82 Å². The van der Waals surface area contributed by atoms with Gasteiger partial charge in [-0.1, -0.05) is 6.07 Å². The van der Waals surface area contributed by atoms with Gasteiger partial charge in [-0.2, -0.15) is 0 Å². The number of halogens is 1. The number of hydrogen-bond acceptors (Lipinski definition) is 6. The Kier molecular flexibility index (Phi) is 5.97. The molecule has 0 aliphatic carbocycles. The molecular formula is C18H14FN5O6S. The van der Waals surface area contributed by atoms with E-state index in [1.807, 2.05) is 0 Å². The van der Waals surface area contributed by atoms with Crippen molar-refractivity contribution < 1.29 is 22.4 Å². The molecular weight excluding hydrogens is 433 g/mol. The molecule has 2 amide bonds. The van der Waals surface area contributed by atoms with Crippen molar-refractivity contribution in [1.29, 1.82) is 0 Å². The van der Waals surface area contributed by atoms with E-state index in [4.69, 9.17) is 0 Å². The highest BCUT2D eigenvalue weighted by Gasteiger charge is 2.19. The number of carbonyl (C=O) groups is 2. The molecule has 0 atom stereocenters. The van der Waals surface area contributed by atoms with E-state index in [-0.39, 0.29) is 16.8 Å². The highest BCUT2D eigenvalue weighted by molar-refractivity contribution is 7.92. The van der Waals surface area contributed by atoms with E-state index in [0.717, 1.165) is 24.4 Å². The van der Waals surface area contributed by atoms with Gasteiger partial charge in [-0.05, 0) is 42.5 Å². The van der Waals surface area contributed by atoms with Crippen LogP contribution < -0.4 is 26.8 Å². The molecule has 5 N–H and O–H groups in total. The Labute approximate surface area is 173 Å².